The molecule has 7 heteroatoms. The van der Waals surface area contributed by atoms with Gasteiger partial charge in [0, 0.05) is 25.4 Å². The van der Waals surface area contributed by atoms with Crippen molar-refractivity contribution in [1.29, 1.82) is 0 Å². The van der Waals surface area contributed by atoms with Crippen LogP contribution in [0, 0.1) is 0 Å². The van der Waals surface area contributed by atoms with Crippen LogP contribution in [0.4, 0.5) is 5.82 Å². The van der Waals surface area contributed by atoms with Crippen LogP contribution in [0.5, 0.6) is 0 Å². The van der Waals surface area contributed by atoms with Gasteiger partial charge < -0.3 is 5.32 Å². The Bertz CT molecular complexity index is 639. The maximum atomic E-state index is 12.2. The van der Waals surface area contributed by atoms with Crippen LogP contribution in [0.3, 0.4) is 0 Å². The lowest BCUT2D eigenvalue weighted by Gasteiger charge is -2.08. The van der Waals surface area contributed by atoms with E-state index in [0.29, 0.717) is 25.3 Å². The van der Waals surface area contributed by atoms with Crippen LogP contribution in [0.2, 0.25) is 0 Å². The summed E-state index contributed by atoms with van der Waals surface area (Å²) >= 11 is 1.61. The largest absolute Gasteiger partial charge is 0.370 e. The topological polar surface area (TPSA) is 71.1 Å². The van der Waals surface area contributed by atoms with Crippen molar-refractivity contribution in [1.82, 2.24) is 9.71 Å². The third-order valence-electron chi connectivity index (χ3n) is 2.69. The van der Waals surface area contributed by atoms with Crippen molar-refractivity contribution < 1.29 is 8.42 Å². The maximum absolute atomic E-state index is 12.2. The predicted octanol–water partition coefficient (Wildman–Crippen LogP) is 2.10. The summed E-state index contributed by atoms with van der Waals surface area (Å²) in [4.78, 5) is 4.29. The lowest BCUT2D eigenvalue weighted by atomic mass is 10.2. The molecule has 0 bridgehead atoms. The Morgan fingerprint density at radius 2 is 2.20 bits per heavy atom. The first-order valence-electron chi connectivity index (χ1n) is 6.32. The molecule has 0 aliphatic rings. The van der Waals surface area contributed by atoms with E-state index in [1.165, 1.54) is 18.3 Å². The molecule has 20 heavy (non-hydrogen) atoms. The number of aromatic nitrogens is 1. The van der Waals surface area contributed by atoms with E-state index in [4.69, 9.17) is 0 Å². The lowest BCUT2D eigenvalue weighted by Crippen LogP contribution is -2.26. The van der Waals surface area contributed by atoms with Gasteiger partial charge >= 0.3 is 0 Å². The first-order valence-corrected chi connectivity index (χ1v) is 8.75. The summed E-state index contributed by atoms with van der Waals surface area (Å²) < 4.78 is 26.9. The predicted molar refractivity (Wildman–Crippen MR) is 81.6 cm³/mol. The Labute approximate surface area is 123 Å². The van der Waals surface area contributed by atoms with Gasteiger partial charge in [-0.15, -0.1) is 0 Å². The van der Waals surface area contributed by atoms with Gasteiger partial charge in [-0.1, -0.05) is 0 Å². The number of rotatable bonds is 7. The molecule has 0 aliphatic heterocycles. The summed E-state index contributed by atoms with van der Waals surface area (Å²) in [6.07, 6.45) is 2.18. The Morgan fingerprint density at radius 3 is 2.90 bits per heavy atom. The van der Waals surface area contributed by atoms with Gasteiger partial charge in [-0.3, -0.25) is 0 Å². The highest BCUT2D eigenvalue weighted by molar-refractivity contribution is 7.89. The molecule has 0 unspecified atom stereocenters. The minimum atomic E-state index is -3.48. The molecular formula is C13H17N3O2S2. The molecule has 2 rings (SSSR count). The summed E-state index contributed by atoms with van der Waals surface area (Å²) in [5.74, 6) is 0.563. The van der Waals surface area contributed by atoms with Crippen LogP contribution in [-0.4, -0.2) is 26.5 Å². The summed E-state index contributed by atoms with van der Waals surface area (Å²) in [5.41, 5.74) is 1.14. The number of nitrogens with zero attached hydrogens (tertiary/aromatic N) is 1. The second kappa shape index (κ2) is 6.83. The fourth-order valence-electron chi connectivity index (χ4n) is 1.70. The molecular weight excluding hydrogens is 294 g/mol. The number of pyridine rings is 1. The van der Waals surface area contributed by atoms with E-state index >= 15 is 0 Å². The van der Waals surface area contributed by atoms with Gasteiger partial charge in [0.1, 0.15) is 5.82 Å². The van der Waals surface area contributed by atoms with Gasteiger partial charge in [-0.2, -0.15) is 11.3 Å². The molecule has 0 radical (unpaired) electrons. The highest BCUT2D eigenvalue weighted by Crippen LogP contribution is 2.12. The first kappa shape index (κ1) is 15.0. The first-order chi connectivity index (χ1) is 9.62. The van der Waals surface area contributed by atoms with Crippen LogP contribution in [0.1, 0.15) is 12.5 Å². The average Bonchev–Trinajstić information content (AvgIpc) is 2.92. The molecule has 0 fully saturated rings. The van der Waals surface area contributed by atoms with E-state index in [1.807, 2.05) is 23.8 Å². The minimum Gasteiger partial charge on any atom is -0.370 e. The molecule has 0 aliphatic carbocycles. The van der Waals surface area contributed by atoms with Gasteiger partial charge in [0.15, 0.2) is 0 Å². The van der Waals surface area contributed by atoms with Crippen molar-refractivity contribution in [3.05, 3.63) is 40.7 Å². The molecule has 0 spiro atoms. The zero-order valence-electron chi connectivity index (χ0n) is 11.2. The lowest BCUT2D eigenvalue weighted by molar-refractivity contribution is 0.581. The summed E-state index contributed by atoms with van der Waals surface area (Å²) in [6.45, 7) is 3.02. The normalized spacial score (nSPS) is 11.4. The Balaban J connectivity index is 2.00. The van der Waals surface area contributed by atoms with Gasteiger partial charge in [-0.25, -0.2) is 18.1 Å². The van der Waals surface area contributed by atoms with Crippen molar-refractivity contribution in [3.63, 3.8) is 0 Å². The minimum absolute atomic E-state index is 0.230. The molecule has 2 N–H and O–H groups in total. The molecule has 2 aromatic heterocycles. The third-order valence-corrected chi connectivity index (χ3v) is 4.88. The van der Waals surface area contributed by atoms with Gasteiger partial charge in [0.25, 0.3) is 0 Å². The monoisotopic (exact) mass is 311 g/mol. The number of nitrogens with one attached hydrogen (secondary N) is 2. The fraction of sp³-hybridized carbons (Fsp3) is 0.308. The van der Waals surface area contributed by atoms with Gasteiger partial charge in [0.05, 0.1) is 4.90 Å². The molecule has 0 saturated heterocycles. The highest BCUT2D eigenvalue weighted by atomic mass is 32.2. The van der Waals surface area contributed by atoms with Crippen LogP contribution < -0.4 is 10.0 Å². The van der Waals surface area contributed by atoms with E-state index in [9.17, 15) is 8.42 Å². The molecule has 0 saturated carbocycles. The highest BCUT2D eigenvalue weighted by Gasteiger charge is 2.14. The van der Waals surface area contributed by atoms with E-state index in [0.717, 1.165) is 5.56 Å². The van der Waals surface area contributed by atoms with Crippen LogP contribution in [0.15, 0.2) is 40.1 Å². The van der Waals surface area contributed by atoms with Crippen molar-refractivity contribution in [2.45, 2.75) is 18.2 Å². The number of sulfonamides is 1. The third kappa shape index (κ3) is 4.03. The fourth-order valence-corrected chi connectivity index (χ4v) is 3.45. The molecule has 108 valence electrons. The Morgan fingerprint density at radius 1 is 1.35 bits per heavy atom. The smallest absolute Gasteiger partial charge is 0.240 e. The molecule has 0 amide bonds. The standard InChI is InChI=1S/C13H17N3O2S2/c1-2-14-13-9-12(4-6-15-13)20(17,18)16-7-3-11-5-8-19-10-11/h4-6,8-10,16H,2-3,7H2,1H3,(H,14,15). The van der Waals surface area contributed by atoms with Crippen molar-refractivity contribution in [2.75, 3.05) is 18.4 Å². The maximum Gasteiger partial charge on any atom is 0.240 e. The Hall–Kier alpha value is -1.44. The zero-order chi connectivity index (χ0) is 14.4. The summed E-state index contributed by atoms with van der Waals surface area (Å²) in [7, 11) is -3.48. The number of hydrogen-bond donors (Lipinski definition) is 2. The molecule has 5 nitrogen and oxygen atoms in total. The second-order valence-corrected chi connectivity index (χ2v) is 6.73. The van der Waals surface area contributed by atoms with Gasteiger partial charge in [0.2, 0.25) is 10.0 Å². The number of anilines is 1. The van der Waals surface area contributed by atoms with E-state index in [1.54, 1.807) is 11.3 Å². The van der Waals surface area contributed by atoms with E-state index in [2.05, 4.69) is 15.0 Å². The second-order valence-electron chi connectivity index (χ2n) is 4.19. The Kier molecular flexibility index (Phi) is 5.11. The van der Waals surface area contributed by atoms with E-state index in [-0.39, 0.29) is 4.90 Å². The zero-order valence-corrected chi connectivity index (χ0v) is 12.8. The molecule has 0 aromatic carbocycles. The van der Waals surface area contributed by atoms with Crippen LogP contribution in [0.25, 0.3) is 0 Å². The number of hydrogen-bond acceptors (Lipinski definition) is 5. The van der Waals surface area contributed by atoms with Crippen molar-refractivity contribution in [3.8, 4) is 0 Å². The van der Waals surface area contributed by atoms with Crippen LogP contribution >= 0.6 is 11.3 Å². The summed E-state index contributed by atoms with van der Waals surface area (Å²) in [6, 6.07) is 5.03. The van der Waals surface area contributed by atoms with Gasteiger partial charge in [-0.05, 0) is 41.8 Å². The molecule has 2 heterocycles. The summed E-state index contributed by atoms with van der Waals surface area (Å²) in [5, 5.41) is 7.00. The molecule has 2 aromatic rings. The number of thiophene rings is 1. The quantitative estimate of drug-likeness (QED) is 0.821. The van der Waals surface area contributed by atoms with Crippen molar-refractivity contribution >= 4 is 27.2 Å². The SMILES string of the molecule is CCNc1cc(S(=O)(=O)NCCc2ccsc2)ccn1. The molecule has 0 atom stereocenters. The average molecular weight is 311 g/mol. The van der Waals surface area contributed by atoms with Crippen molar-refractivity contribution in [2.24, 2.45) is 0 Å². The van der Waals surface area contributed by atoms with Crippen LogP contribution in [-0.2, 0) is 16.4 Å². The van der Waals surface area contributed by atoms with E-state index < -0.39 is 10.0 Å².